The first-order chi connectivity index (χ1) is 11.2. The zero-order valence-electron chi connectivity index (χ0n) is 13.9. The lowest BCUT2D eigenvalue weighted by Crippen LogP contribution is -2.46. The number of likely N-dealkylation sites (tertiary alicyclic amines) is 1. The van der Waals surface area contributed by atoms with E-state index in [1.807, 2.05) is 6.92 Å². The van der Waals surface area contributed by atoms with Crippen LogP contribution in [0.1, 0.15) is 37.3 Å². The monoisotopic (exact) mass is 344 g/mol. The number of urea groups is 1. The average Bonchev–Trinajstić information content (AvgIpc) is 2.55. The number of piperidine rings is 1. The number of alkyl halides is 3. The van der Waals surface area contributed by atoms with Crippen molar-refractivity contribution in [3.8, 4) is 0 Å². The van der Waals surface area contributed by atoms with Gasteiger partial charge in [-0.15, -0.1) is 0 Å². The van der Waals surface area contributed by atoms with Crippen LogP contribution in [0.2, 0.25) is 0 Å². The van der Waals surface area contributed by atoms with E-state index in [1.54, 1.807) is 4.90 Å². The van der Waals surface area contributed by atoms with Gasteiger partial charge in [0.15, 0.2) is 0 Å². The molecule has 0 saturated carbocycles. The predicted octanol–water partition coefficient (Wildman–Crippen LogP) is 4.03. The van der Waals surface area contributed by atoms with E-state index in [-0.39, 0.29) is 23.3 Å². The summed E-state index contributed by atoms with van der Waals surface area (Å²) in [6.45, 7) is 4.42. The second-order valence-corrected chi connectivity index (χ2v) is 6.40. The van der Waals surface area contributed by atoms with Gasteiger partial charge in [0.25, 0.3) is 0 Å². The molecule has 7 heteroatoms. The minimum absolute atomic E-state index is 0.00798. The van der Waals surface area contributed by atoms with E-state index in [2.05, 4.69) is 5.32 Å². The molecule has 1 saturated heterocycles. The molecule has 0 aliphatic carbocycles. The third-order valence-corrected chi connectivity index (χ3v) is 5.08. The summed E-state index contributed by atoms with van der Waals surface area (Å²) >= 11 is 0. The van der Waals surface area contributed by atoms with Gasteiger partial charge in [0.05, 0.1) is 5.56 Å². The third-order valence-electron chi connectivity index (χ3n) is 5.08. The minimum atomic E-state index is -4.45. The zero-order chi connectivity index (χ0) is 18.0. The molecule has 0 atom stereocenters. The molecule has 1 heterocycles. The maximum atomic E-state index is 12.9. The van der Waals surface area contributed by atoms with Crippen LogP contribution in [0.15, 0.2) is 18.2 Å². The number of nitrogens with zero attached hydrogens (tertiary/aromatic N) is 1. The maximum absolute atomic E-state index is 12.9. The molecule has 134 valence electrons. The Labute approximate surface area is 139 Å². The molecule has 2 N–H and O–H groups in total. The standard InChI is InChI=1S/C17H23F3N2O2/c1-3-16(11-23)7-9-22(10-8-16)15(24)21-14-6-4-5-13(12(14)2)17(18,19)20/h4-6,23H,3,7-11H2,1-2H3,(H,21,24). The molecule has 2 rings (SSSR count). The minimum Gasteiger partial charge on any atom is -0.396 e. The van der Waals surface area contributed by atoms with Crippen molar-refractivity contribution in [2.75, 3.05) is 25.0 Å². The molecule has 24 heavy (non-hydrogen) atoms. The van der Waals surface area contributed by atoms with Gasteiger partial charge in [0.2, 0.25) is 0 Å². The van der Waals surface area contributed by atoms with Gasteiger partial charge in [-0.3, -0.25) is 0 Å². The molecule has 2 amide bonds. The summed E-state index contributed by atoms with van der Waals surface area (Å²) in [5.74, 6) is 0. The van der Waals surface area contributed by atoms with Crippen LogP contribution < -0.4 is 5.32 Å². The number of aliphatic hydroxyl groups excluding tert-OH is 1. The van der Waals surface area contributed by atoms with Gasteiger partial charge in [-0.25, -0.2) is 4.79 Å². The van der Waals surface area contributed by atoms with Crippen molar-refractivity contribution in [3.05, 3.63) is 29.3 Å². The van der Waals surface area contributed by atoms with Gasteiger partial charge in [-0.1, -0.05) is 13.0 Å². The second kappa shape index (κ2) is 7.01. The summed E-state index contributed by atoms with van der Waals surface area (Å²) in [4.78, 5) is 13.9. The van der Waals surface area contributed by atoms with Crippen LogP contribution in [0.25, 0.3) is 0 Å². The molecule has 1 aromatic carbocycles. The Morgan fingerprint density at radius 2 is 1.96 bits per heavy atom. The lowest BCUT2D eigenvalue weighted by atomic mass is 9.77. The molecule has 1 aliphatic heterocycles. The number of carbonyl (C=O) groups excluding carboxylic acids is 1. The topological polar surface area (TPSA) is 52.6 Å². The van der Waals surface area contributed by atoms with Crippen LogP contribution in [0.4, 0.5) is 23.7 Å². The normalized spacial score (nSPS) is 17.7. The molecule has 1 aromatic rings. The van der Waals surface area contributed by atoms with Crippen molar-refractivity contribution >= 4 is 11.7 Å². The van der Waals surface area contributed by atoms with Gasteiger partial charge in [0.1, 0.15) is 0 Å². The van der Waals surface area contributed by atoms with Crippen molar-refractivity contribution < 1.29 is 23.1 Å². The first-order valence-electron chi connectivity index (χ1n) is 8.06. The maximum Gasteiger partial charge on any atom is 0.416 e. The van der Waals surface area contributed by atoms with Crippen molar-refractivity contribution in [1.29, 1.82) is 0 Å². The highest BCUT2D eigenvalue weighted by molar-refractivity contribution is 5.90. The molecule has 4 nitrogen and oxygen atoms in total. The number of amides is 2. The molecule has 1 aliphatic rings. The average molecular weight is 344 g/mol. The van der Waals surface area contributed by atoms with Gasteiger partial charge in [0, 0.05) is 25.4 Å². The molecule has 0 unspecified atom stereocenters. The van der Waals surface area contributed by atoms with E-state index in [9.17, 15) is 23.1 Å². The Bertz CT molecular complexity index is 588. The predicted molar refractivity (Wildman–Crippen MR) is 85.8 cm³/mol. The number of hydrogen-bond donors (Lipinski definition) is 2. The van der Waals surface area contributed by atoms with Crippen molar-refractivity contribution in [1.82, 2.24) is 4.90 Å². The fraction of sp³-hybridized carbons (Fsp3) is 0.588. The Kier molecular flexibility index (Phi) is 5.42. The lowest BCUT2D eigenvalue weighted by Gasteiger charge is -2.40. The number of carbonyl (C=O) groups is 1. The Balaban J connectivity index is 2.07. The number of halogens is 3. The van der Waals surface area contributed by atoms with E-state index < -0.39 is 17.8 Å². The summed E-state index contributed by atoms with van der Waals surface area (Å²) < 4.78 is 38.8. The van der Waals surface area contributed by atoms with Gasteiger partial charge < -0.3 is 15.3 Å². The van der Waals surface area contributed by atoms with Gasteiger partial charge >= 0.3 is 12.2 Å². The number of anilines is 1. The fourth-order valence-electron chi connectivity index (χ4n) is 3.08. The Hall–Kier alpha value is -1.76. The highest BCUT2D eigenvalue weighted by Gasteiger charge is 2.35. The van der Waals surface area contributed by atoms with E-state index in [0.717, 1.165) is 12.5 Å². The quantitative estimate of drug-likeness (QED) is 0.870. The molecule has 0 aromatic heterocycles. The molecule has 0 radical (unpaired) electrons. The summed E-state index contributed by atoms with van der Waals surface area (Å²) in [6, 6.07) is 3.36. The van der Waals surface area contributed by atoms with E-state index in [1.165, 1.54) is 19.1 Å². The van der Waals surface area contributed by atoms with E-state index in [4.69, 9.17) is 0 Å². The van der Waals surface area contributed by atoms with Crippen LogP contribution in [0.5, 0.6) is 0 Å². The van der Waals surface area contributed by atoms with Gasteiger partial charge in [-0.2, -0.15) is 13.2 Å². The lowest BCUT2D eigenvalue weighted by molar-refractivity contribution is -0.138. The van der Waals surface area contributed by atoms with E-state index >= 15 is 0 Å². The van der Waals surface area contributed by atoms with Crippen LogP contribution in [0.3, 0.4) is 0 Å². The van der Waals surface area contributed by atoms with Crippen LogP contribution in [-0.2, 0) is 6.18 Å². The van der Waals surface area contributed by atoms with Crippen LogP contribution in [-0.4, -0.2) is 35.7 Å². The molecule has 1 fully saturated rings. The summed E-state index contributed by atoms with van der Waals surface area (Å²) in [6.07, 6.45) is -2.23. The summed E-state index contributed by atoms with van der Waals surface area (Å²) in [5.41, 5.74) is -0.717. The van der Waals surface area contributed by atoms with Crippen LogP contribution in [0, 0.1) is 12.3 Å². The zero-order valence-corrected chi connectivity index (χ0v) is 13.9. The third kappa shape index (κ3) is 3.83. The smallest absolute Gasteiger partial charge is 0.396 e. The fourth-order valence-corrected chi connectivity index (χ4v) is 3.08. The highest BCUT2D eigenvalue weighted by Crippen LogP contribution is 2.36. The number of hydrogen-bond acceptors (Lipinski definition) is 2. The molecular formula is C17H23F3N2O2. The highest BCUT2D eigenvalue weighted by atomic mass is 19.4. The first kappa shape index (κ1) is 18.6. The van der Waals surface area contributed by atoms with Crippen molar-refractivity contribution in [2.45, 2.75) is 39.3 Å². The number of benzene rings is 1. The molecular weight excluding hydrogens is 321 g/mol. The Morgan fingerprint density at radius 3 is 2.46 bits per heavy atom. The molecule has 0 bridgehead atoms. The number of rotatable bonds is 3. The van der Waals surface area contributed by atoms with Crippen molar-refractivity contribution in [3.63, 3.8) is 0 Å². The SMILES string of the molecule is CCC1(CO)CCN(C(=O)Nc2cccc(C(F)(F)F)c2C)CC1. The summed E-state index contributed by atoms with van der Waals surface area (Å²) in [7, 11) is 0. The summed E-state index contributed by atoms with van der Waals surface area (Å²) in [5, 5.41) is 12.1. The number of nitrogens with one attached hydrogen (secondary N) is 1. The Morgan fingerprint density at radius 1 is 1.33 bits per heavy atom. The van der Waals surface area contributed by atoms with Gasteiger partial charge in [-0.05, 0) is 49.3 Å². The largest absolute Gasteiger partial charge is 0.416 e. The second-order valence-electron chi connectivity index (χ2n) is 6.40. The van der Waals surface area contributed by atoms with E-state index in [0.29, 0.717) is 25.9 Å². The molecule has 0 spiro atoms. The van der Waals surface area contributed by atoms with Crippen LogP contribution >= 0.6 is 0 Å². The first-order valence-corrected chi connectivity index (χ1v) is 8.06. The number of aliphatic hydroxyl groups is 1. The van der Waals surface area contributed by atoms with Crippen molar-refractivity contribution in [2.24, 2.45) is 5.41 Å².